The van der Waals surface area contributed by atoms with Gasteiger partial charge in [-0.2, -0.15) is 0 Å². The van der Waals surface area contributed by atoms with E-state index in [0.29, 0.717) is 6.54 Å². The van der Waals surface area contributed by atoms with Gasteiger partial charge in [-0.3, -0.25) is 0 Å². The second kappa shape index (κ2) is 6.93. The van der Waals surface area contributed by atoms with Crippen molar-refractivity contribution >= 4 is 11.6 Å². The minimum Gasteiger partial charge on any atom is -0.467 e. The summed E-state index contributed by atoms with van der Waals surface area (Å²) in [4.78, 5) is 10.9. The van der Waals surface area contributed by atoms with Gasteiger partial charge in [-0.05, 0) is 25.5 Å². The highest BCUT2D eigenvalue weighted by molar-refractivity contribution is 5.58. The Labute approximate surface area is 120 Å². The topological polar surface area (TPSA) is 54.2 Å². The predicted octanol–water partition coefficient (Wildman–Crippen LogP) is 3.09. The van der Waals surface area contributed by atoms with E-state index in [-0.39, 0.29) is 0 Å². The zero-order chi connectivity index (χ0) is 14.4. The summed E-state index contributed by atoms with van der Waals surface area (Å²) in [6.45, 7) is 5.80. The molecular formula is C15H22N4O. The molecule has 0 radical (unpaired) electrons. The lowest BCUT2D eigenvalue weighted by molar-refractivity contribution is 0.506. The number of hydrogen-bond donors (Lipinski definition) is 1. The lowest BCUT2D eigenvalue weighted by Crippen LogP contribution is -2.20. The molecule has 2 heterocycles. The van der Waals surface area contributed by atoms with Gasteiger partial charge in [-0.15, -0.1) is 0 Å². The predicted molar refractivity (Wildman–Crippen MR) is 81.0 cm³/mol. The molecule has 1 N–H and O–H groups in total. The van der Waals surface area contributed by atoms with Crippen LogP contribution in [-0.2, 0) is 13.0 Å². The molecule has 108 valence electrons. The highest BCUT2D eigenvalue weighted by Crippen LogP contribution is 2.25. The Hall–Kier alpha value is -2.04. The molecule has 0 amide bonds. The summed E-state index contributed by atoms with van der Waals surface area (Å²) in [6.07, 6.45) is 5.33. The molecule has 0 aliphatic rings. The van der Waals surface area contributed by atoms with Gasteiger partial charge in [0.15, 0.2) is 0 Å². The summed E-state index contributed by atoms with van der Waals surface area (Å²) in [5.74, 6) is 2.83. The zero-order valence-electron chi connectivity index (χ0n) is 12.4. The summed E-state index contributed by atoms with van der Waals surface area (Å²) < 4.78 is 5.40. The number of nitrogens with one attached hydrogen (secondary N) is 1. The van der Waals surface area contributed by atoms with Gasteiger partial charge in [-0.25, -0.2) is 9.97 Å². The van der Waals surface area contributed by atoms with E-state index in [1.54, 1.807) is 12.6 Å². The monoisotopic (exact) mass is 274 g/mol. The minimum atomic E-state index is 0.701. The van der Waals surface area contributed by atoms with E-state index in [9.17, 15) is 0 Å². The first-order chi connectivity index (χ1) is 9.76. The van der Waals surface area contributed by atoms with Crippen molar-refractivity contribution in [3.05, 3.63) is 36.0 Å². The van der Waals surface area contributed by atoms with Crippen molar-refractivity contribution in [2.75, 3.05) is 23.8 Å². The maximum absolute atomic E-state index is 5.40. The molecule has 2 aromatic heterocycles. The standard InChI is InChI=1S/C15H22N4O/c1-4-7-13-14(16-5-2)17-11-18-15(13)19(3)10-12-8-6-9-20-12/h6,8-9,11H,4-5,7,10H2,1-3H3,(H,16,17,18). The Balaban J connectivity index is 2.26. The fourth-order valence-electron chi connectivity index (χ4n) is 2.24. The van der Waals surface area contributed by atoms with Crippen molar-refractivity contribution in [3.8, 4) is 0 Å². The number of anilines is 2. The van der Waals surface area contributed by atoms with Crippen LogP contribution < -0.4 is 10.2 Å². The second-order valence-corrected chi connectivity index (χ2v) is 4.74. The van der Waals surface area contributed by atoms with Crippen LogP contribution in [0.3, 0.4) is 0 Å². The fraction of sp³-hybridized carbons (Fsp3) is 0.467. The SMILES string of the molecule is CCCc1c(NCC)ncnc1N(C)Cc1ccco1. The maximum Gasteiger partial charge on any atom is 0.137 e. The lowest BCUT2D eigenvalue weighted by atomic mass is 10.1. The van der Waals surface area contributed by atoms with Gasteiger partial charge in [0.1, 0.15) is 23.7 Å². The summed E-state index contributed by atoms with van der Waals surface area (Å²) in [5.41, 5.74) is 1.17. The first-order valence-corrected chi connectivity index (χ1v) is 7.07. The van der Waals surface area contributed by atoms with E-state index in [1.165, 1.54) is 5.56 Å². The number of rotatable bonds is 7. The molecule has 5 nitrogen and oxygen atoms in total. The van der Waals surface area contributed by atoms with E-state index in [4.69, 9.17) is 4.42 Å². The molecule has 0 fully saturated rings. The van der Waals surface area contributed by atoms with Crippen molar-refractivity contribution in [2.24, 2.45) is 0 Å². The molecule has 0 saturated heterocycles. The zero-order valence-corrected chi connectivity index (χ0v) is 12.4. The van der Waals surface area contributed by atoms with Gasteiger partial charge in [0.25, 0.3) is 0 Å². The Morgan fingerprint density at radius 3 is 2.80 bits per heavy atom. The molecule has 5 heteroatoms. The van der Waals surface area contributed by atoms with Crippen molar-refractivity contribution in [2.45, 2.75) is 33.2 Å². The largest absolute Gasteiger partial charge is 0.467 e. The molecule has 0 saturated carbocycles. The van der Waals surface area contributed by atoms with Crippen molar-refractivity contribution in [1.29, 1.82) is 0 Å². The number of furan rings is 1. The van der Waals surface area contributed by atoms with E-state index in [0.717, 1.165) is 36.8 Å². The van der Waals surface area contributed by atoms with Crippen LogP contribution >= 0.6 is 0 Å². The van der Waals surface area contributed by atoms with Crippen molar-refractivity contribution in [1.82, 2.24) is 9.97 Å². The van der Waals surface area contributed by atoms with Crippen LogP contribution in [0.1, 0.15) is 31.6 Å². The molecule has 0 aliphatic heterocycles. The highest BCUT2D eigenvalue weighted by atomic mass is 16.3. The first-order valence-electron chi connectivity index (χ1n) is 7.07. The highest BCUT2D eigenvalue weighted by Gasteiger charge is 2.14. The molecular weight excluding hydrogens is 252 g/mol. The summed E-state index contributed by atoms with van der Waals surface area (Å²) >= 11 is 0. The fourth-order valence-corrected chi connectivity index (χ4v) is 2.24. The quantitative estimate of drug-likeness (QED) is 0.841. The molecule has 20 heavy (non-hydrogen) atoms. The molecule has 0 aromatic carbocycles. The van der Waals surface area contributed by atoms with Crippen LogP contribution in [-0.4, -0.2) is 23.6 Å². The summed E-state index contributed by atoms with van der Waals surface area (Å²) in [5, 5.41) is 3.31. The van der Waals surface area contributed by atoms with Crippen molar-refractivity contribution in [3.63, 3.8) is 0 Å². The van der Waals surface area contributed by atoms with Gasteiger partial charge in [0.05, 0.1) is 12.8 Å². The molecule has 0 aliphatic carbocycles. The molecule has 0 spiro atoms. The van der Waals surface area contributed by atoms with Crippen LogP contribution in [0.4, 0.5) is 11.6 Å². The third kappa shape index (κ3) is 3.29. The van der Waals surface area contributed by atoms with E-state index >= 15 is 0 Å². The van der Waals surface area contributed by atoms with E-state index < -0.39 is 0 Å². The van der Waals surface area contributed by atoms with Crippen LogP contribution in [0.25, 0.3) is 0 Å². The molecule has 2 aromatic rings. The Morgan fingerprint density at radius 2 is 2.15 bits per heavy atom. The number of hydrogen-bond acceptors (Lipinski definition) is 5. The van der Waals surface area contributed by atoms with Crippen LogP contribution in [0, 0.1) is 0 Å². The molecule has 0 unspecified atom stereocenters. The third-order valence-corrected chi connectivity index (χ3v) is 3.10. The van der Waals surface area contributed by atoms with Crippen LogP contribution in [0.5, 0.6) is 0 Å². The normalized spacial score (nSPS) is 10.6. The van der Waals surface area contributed by atoms with E-state index in [2.05, 4.69) is 34.0 Å². The Bertz CT molecular complexity index is 525. The van der Waals surface area contributed by atoms with Gasteiger partial charge >= 0.3 is 0 Å². The van der Waals surface area contributed by atoms with Gasteiger partial charge in [0.2, 0.25) is 0 Å². The van der Waals surface area contributed by atoms with Gasteiger partial charge < -0.3 is 14.6 Å². The Kier molecular flexibility index (Phi) is 4.98. The van der Waals surface area contributed by atoms with Crippen molar-refractivity contribution < 1.29 is 4.42 Å². The number of aromatic nitrogens is 2. The van der Waals surface area contributed by atoms with Crippen LogP contribution in [0.15, 0.2) is 29.1 Å². The number of nitrogens with zero attached hydrogens (tertiary/aromatic N) is 3. The second-order valence-electron chi connectivity index (χ2n) is 4.74. The maximum atomic E-state index is 5.40. The smallest absolute Gasteiger partial charge is 0.137 e. The lowest BCUT2D eigenvalue weighted by Gasteiger charge is -2.21. The molecule has 0 atom stereocenters. The minimum absolute atomic E-state index is 0.701. The van der Waals surface area contributed by atoms with Gasteiger partial charge in [-0.1, -0.05) is 13.3 Å². The van der Waals surface area contributed by atoms with Gasteiger partial charge in [0, 0.05) is 19.2 Å². The average Bonchev–Trinajstić information content (AvgIpc) is 2.94. The molecule has 0 bridgehead atoms. The average molecular weight is 274 g/mol. The molecule has 2 rings (SSSR count). The van der Waals surface area contributed by atoms with Crippen LogP contribution in [0.2, 0.25) is 0 Å². The first kappa shape index (κ1) is 14.4. The Morgan fingerprint density at radius 1 is 1.30 bits per heavy atom. The third-order valence-electron chi connectivity index (χ3n) is 3.10. The summed E-state index contributed by atoms with van der Waals surface area (Å²) in [6, 6.07) is 3.88. The summed E-state index contributed by atoms with van der Waals surface area (Å²) in [7, 11) is 2.03. The van der Waals surface area contributed by atoms with E-state index in [1.807, 2.05) is 19.2 Å².